The zero-order valence-electron chi connectivity index (χ0n) is 15.7. The van der Waals surface area contributed by atoms with Crippen molar-refractivity contribution < 1.29 is 4.74 Å². The molecule has 1 N–H and O–H groups in total. The van der Waals surface area contributed by atoms with Gasteiger partial charge in [-0.1, -0.05) is 13.8 Å². The van der Waals surface area contributed by atoms with Crippen LogP contribution in [0.3, 0.4) is 0 Å². The van der Waals surface area contributed by atoms with Gasteiger partial charge in [0, 0.05) is 44.8 Å². The molecule has 1 aromatic rings. The molecule has 0 bridgehead atoms. The second-order valence-electron chi connectivity index (χ2n) is 7.55. The van der Waals surface area contributed by atoms with Crippen LogP contribution < -0.4 is 10.2 Å². The molecule has 24 heavy (non-hydrogen) atoms. The van der Waals surface area contributed by atoms with E-state index in [2.05, 4.69) is 47.7 Å². The van der Waals surface area contributed by atoms with Gasteiger partial charge in [0.25, 0.3) is 0 Å². The zero-order valence-corrected chi connectivity index (χ0v) is 15.7. The summed E-state index contributed by atoms with van der Waals surface area (Å²) in [5.41, 5.74) is 2.61. The first-order valence-corrected chi connectivity index (χ1v) is 9.36. The molecule has 0 aliphatic carbocycles. The molecule has 0 spiro atoms. The van der Waals surface area contributed by atoms with E-state index in [4.69, 9.17) is 9.84 Å². The molecule has 0 amide bonds. The number of piperidine rings is 1. The van der Waals surface area contributed by atoms with E-state index >= 15 is 0 Å². The van der Waals surface area contributed by atoms with Gasteiger partial charge in [-0.05, 0) is 32.4 Å². The number of morpholine rings is 1. The molecule has 3 rings (SSSR count). The van der Waals surface area contributed by atoms with Crippen LogP contribution in [0.1, 0.15) is 43.9 Å². The van der Waals surface area contributed by atoms with E-state index in [1.807, 2.05) is 0 Å². The van der Waals surface area contributed by atoms with Gasteiger partial charge in [0.1, 0.15) is 5.82 Å². The van der Waals surface area contributed by atoms with E-state index in [1.54, 1.807) is 0 Å². The highest BCUT2D eigenvalue weighted by Gasteiger charge is 2.25. The zero-order chi connectivity index (χ0) is 17.1. The van der Waals surface area contributed by atoms with Gasteiger partial charge in [-0.25, -0.2) is 0 Å². The van der Waals surface area contributed by atoms with Crippen molar-refractivity contribution in [3.8, 4) is 0 Å². The molecule has 6 nitrogen and oxygen atoms in total. The normalized spacial score (nSPS) is 23.2. The van der Waals surface area contributed by atoms with E-state index in [9.17, 15) is 0 Å². The Morgan fingerprint density at radius 3 is 2.62 bits per heavy atom. The van der Waals surface area contributed by atoms with Crippen molar-refractivity contribution in [2.45, 2.75) is 45.2 Å². The highest BCUT2D eigenvalue weighted by molar-refractivity contribution is 5.51. The van der Waals surface area contributed by atoms with Crippen LogP contribution in [0.15, 0.2) is 0 Å². The molecule has 2 saturated heterocycles. The predicted octanol–water partition coefficient (Wildman–Crippen LogP) is 1.56. The van der Waals surface area contributed by atoms with Crippen molar-refractivity contribution in [2.24, 2.45) is 7.05 Å². The largest absolute Gasteiger partial charge is 0.378 e. The Morgan fingerprint density at radius 1 is 1.21 bits per heavy atom. The maximum atomic E-state index is 5.53. The Bertz CT molecular complexity index is 536. The van der Waals surface area contributed by atoms with Crippen molar-refractivity contribution in [3.63, 3.8) is 0 Å². The average molecular weight is 335 g/mol. The first kappa shape index (κ1) is 17.7. The Labute approximate surface area is 146 Å². The highest BCUT2D eigenvalue weighted by atomic mass is 16.5. The van der Waals surface area contributed by atoms with Gasteiger partial charge >= 0.3 is 0 Å². The smallest absolute Gasteiger partial charge is 0.131 e. The van der Waals surface area contributed by atoms with Crippen molar-refractivity contribution in [2.75, 3.05) is 51.3 Å². The van der Waals surface area contributed by atoms with Crippen LogP contribution in [0.5, 0.6) is 0 Å². The number of nitrogens with zero attached hydrogens (tertiary/aromatic N) is 4. The van der Waals surface area contributed by atoms with Crippen LogP contribution in [-0.2, 0) is 18.3 Å². The number of rotatable bonds is 5. The van der Waals surface area contributed by atoms with Crippen LogP contribution in [-0.4, -0.2) is 67.2 Å². The summed E-state index contributed by atoms with van der Waals surface area (Å²) in [5.74, 6) is 1.72. The number of ether oxygens (including phenoxy) is 1. The molecule has 0 saturated carbocycles. The summed E-state index contributed by atoms with van der Waals surface area (Å²) in [7, 11) is 4.30. The SMILES string of the molecule is CC(C)c1nn(C)c(N2CCOCC2)c1CN[C@@H]1CCCN(C)C1. The van der Waals surface area contributed by atoms with Gasteiger partial charge in [0.2, 0.25) is 0 Å². The number of aryl methyl sites for hydroxylation is 1. The summed E-state index contributed by atoms with van der Waals surface area (Å²) in [5, 5.41) is 8.65. The van der Waals surface area contributed by atoms with Gasteiger partial charge in [0.05, 0.1) is 18.9 Å². The minimum absolute atomic E-state index is 0.442. The summed E-state index contributed by atoms with van der Waals surface area (Å²) in [4.78, 5) is 4.86. The van der Waals surface area contributed by atoms with Crippen molar-refractivity contribution in [3.05, 3.63) is 11.3 Å². The topological polar surface area (TPSA) is 45.6 Å². The first-order valence-electron chi connectivity index (χ1n) is 9.36. The van der Waals surface area contributed by atoms with Crippen molar-refractivity contribution in [1.29, 1.82) is 0 Å². The Balaban J connectivity index is 1.78. The number of hydrogen-bond acceptors (Lipinski definition) is 5. The fourth-order valence-corrected chi connectivity index (χ4v) is 3.96. The molecule has 0 unspecified atom stereocenters. The fraction of sp³-hybridized carbons (Fsp3) is 0.833. The molecule has 6 heteroatoms. The standard InChI is InChI=1S/C18H33N5O/c1-14(2)17-16(12-19-15-6-5-7-21(3)13-15)18(22(4)20-17)23-8-10-24-11-9-23/h14-15,19H,5-13H2,1-4H3/t15-/m1/s1. The maximum absolute atomic E-state index is 5.53. The molecule has 0 radical (unpaired) electrons. The minimum Gasteiger partial charge on any atom is -0.378 e. The lowest BCUT2D eigenvalue weighted by Gasteiger charge is -2.32. The van der Waals surface area contributed by atoms with E-state index in [-0.39, 0.29) is 0 Å². The monoisotopic (exact) mass is 335 g/mol. The van der Waals surface area contributed by atoms with E-state index in [1.165, 1.54) is 36.5 Å². The quantitative estimate of drug-likeness (QED) is 0.885. The first-order chi connectivity index (χ1) is 11.6. The third-order valence-electron chi connectivity index (χ3n) is 5.19. The Morgan fingerprint density at radius 2 is 1.96 bits per heavy atom. The molecule has 2 aliphatic rings. The third-order valence-corrected chi connectivity index (χ3v) is 5.19. The van der Waals surface area contributed by atoms with Crippen LogP contribution in [0.2, 0.25) is 0 Å². The van der Waals surface area contributed by atoms with E-state index < -0.39 is 0 Å². The Hall–Kier alpha value is -1.11. The molecule has 1 aromatic heterocycles. The Kier molecular flexibility index (Phi) is 5.79. The number of nitrogens with one attached hydrogen (secondary N) is 1. The van der Waals surface area contributed by atoms with E-state index in [0.29, 0.717) is 12.0 Å². The van der Waals surface area contributed by atoms with Crippen LogP contribution in [0.25, 0.3) is 0 Å². The summed E-state index contributed by atoms with van der Waals surface area (Å²) < 4.78 is 7.60. The summed E-state index contributed by atoms with van der Waals surface area (Å²) in [6.07, 6.45) is 2.56. The highest BCUT2D eigenvalue weighted by Crippen LogP contribution is 2.29. The van der Waals surface area contributed by atoms with E-state index in [0.717, 1.165) is 39.4 Å². The lowest BCUT2D eigenvalue weighted by molar-refractivity contribution is 0.122. The van der Waals surface area contributed by atoms with Crippen molar-refractivity contribution in [1.82, 2.24) is 20.0 Å². The van der Waals surface area contributed by atoms with Crippen LogP contribution in [0.4, 0.5) is 5.82 Å². The predicted molar refractivity (Wildman–Crippen MR) is 97.7 cm³/mol. The second kappa shape index (κ2) is 7.85. The summed E-state index contributed by atoms with van der Waals surface area (Å²) in [6.45, 7) is 11.3. The number of aromatic nitrogens is 2. The molecular formula is C18H33N5O. The van der Waals surface area contributed by atoms with Crippen LogP contribution in [0, 0.1) is 0 Å². The minimum atomic E-state index is 0.442. The van der Waals surface area contributed by atoms with Gasteiger partial charge in [-0.15, -0.1) is 0 Å². The summed E-state index contributed by atoms with van der Waals surface area (Å²) in [6, 6.07) is 0.585. The molecular weight excluding hydrogens is 302 g/mol. The van der Waals surface area contributed by atoms with Gasteiger partial charge in [-0.2, -0.15) is 5.10 Å². The van der Waals surface area contributed by atoms with Gasteiger partial charge < -0.3 is 19.9 Å². The number of likely N-dealkylation sites (N-methyl/N-ethyl adjacent to an activating group) is 1. The molecule has 0 aromatic carbocycles. The van der Waals surface area contributed by atoms with Crippen LogP contribution >= 0.6 is 0 Å². The fourth-order valence-electron chi connectivity index (χ4n) is 3.96. The summed E-state index contributed by atoms with van der Waals surface area (Å²) >= 11 is 0. The molecule has 1 atom stereocenters. The molecule has 2 fully saturated rings. The maximum Gasteiger partial charge on any atom is 0.131 e. The van der Waals surface area contributed by atoms with Gasteiger partial charge in [-0.3, -0.25) is 4.68 Å². The second-order valence-corrected chi connectivity index (χ2v) is 7.55. The number of likely N-dealkylation sites (tertiary alicyclic amines) is 1. The molecule has 136 valence electrons. The third kappa shape index (κ3) is 3.92. The lowest BCUT2D eigenvalue weighted by Crippen LogP contribution is -2.44. The van der Waals surface area contributed by atoms with Gasteiger partial charge in [0.15, 0.2) is 0 Å². The lowest BCUT2D eigenvalue weighted by atomic mass is 10.0. The molecule has 2 aliphatic heterocycles. The molecule has 3 heterocycles. The average Bonchev–Trinajstić information content (AvgIpc) is 2.90. The number of hydrogen-bond donors (Lipinski definition) is 1. The van der Waals surface area contributed by atoms with Crippen molar-refractivity contribution >= 4 is 5.82 Å². The number of anilines is 1.